The fraction of sp³-hybridized carbons (Fsp3) is 0. The summed E-state index contributed by atoms with van der Waals surface area (Å²) in [7, 11) is 0. The highest BCUT2D eigenvalue weighted by molar-refractivity contribution is 6.08. The summed E-state index contributed by atoms with van der Waals surface area (Å²) < 4.78 is 4.59. The second kappa shape index (κ2) is 3.23. The Bertz CT molecular complexity index is 392. The maximum absolute atomic E-state index is 11.6. The molecule has 0 amide bonds. The van der Waals surface area contributed by atoms with Crippen molar-refractivity contribution in [3.63, 3.8) is 0 Å². The Morgan fingerprint density at radius 3 is 2.54 bits per heavy atom. The van der Waals surface area contributed by atoms with E-state index in [1.165, 1.54) is 12.5 Å². The minimum absolute atomic E-state index is 0.0677. The molecule has 64 valence electrons. The third-order valence-electron chi connectivity index (χ3n) is 1.73. The van der Waals surface area contributed by atoms with Gasteiger partial charge in [-0.15, -0.1) is 0 Å². The maximum Gasteiger partial charge on any atom is 0.197 e. The van der Waals surface area contributed by atoms with Crippen molar-refractivity contribution in [3.05, 3.63) is 53.9 Å². The molecule has 1 aromatic carbocycles. The highest BCUT2D eigenvalue weighted by Gasteiger charge is 2.09. The van der Waals surface area contributed by atoms with Crippen molar-refractivity contribution in [2.75, 3.05) is 0 Å². The Kier molecular flexibility index (Phi) is 1.92. The number of carbonyl (C=O) groups is 1. The highest BCUT2D eigenvalue weighted by Crippen LogP contribution is 2.07. The Hall–Kier alpha value is -1.90. The minimum atomic E-state index is -0.0677. The summed E-state index contributed by atoms with van der Waals surface area (Å²) in [5, 5.41) is 3.47. The van der Waals surface area contributed by atoms with Crippen LogP contribution in [0.5, 0.6) is 0 Å². The average molecular weight is 173 g/mol. The van der Waals surface area contributed by atoms with Gasteiger partial charge < -0.3 is 4.52 Å². The van der Waals surface area contributed by atoms with E-state index < -0.39 is 0 Å². The first-order valence-corrected chi connectivity index (χ1v) is 3.87. The largest absolute Gasteiger partial charge is 0.364 e. The Morgan fingerprint density at radius 2 is 1.92 bits per heavy atom. The molecule has 0 aliphatic rings. The molecule has 0 atom stereocenters. The summed E-state index contributed by atoms with van der Waals surface area (Å²) in [6.07, 6.45) is 2.75. The second-order valence-electron chi connectivity index (χ2n) is 2.61. The van der Waals surface area contributed by atoms with Crippen molar-refractivity contribution in [2.24, 2.45) is 0 Å². The molecule has 13 heavy (non-hydrogen) atoms. The molecular formula is C10H7NO2. The van der Waals surface area contributed by atoms with E-state index in [1.54, 1.807) is 12.1 Å². The standard InChI is InChI=1S/C10H7NO2/c12-10(9-6-11-13-7-9)8-4-2-1-3-5-8/h1-7H. The summed E-state index contributed by atoms with van der Waals surface area (Å²) in [5.41, 5.74) is 1.12. The molecular weight excluding hydrogens is 166 g/mol. The van der Waals surface area contributed by atoms with Gasteiger partial charge in [0.2, 0.25) is 0 Å². The Labute approximate surface area is 75.0 Å². The van der Waals surface area contributed by atoms with Crippen molar-refractivity contribution >= 4 is 5.78 Å². The molecule has 0 spiro atoms. The predicted octanol–water partition coefficient (Wildman–Crippen LogP) is 1.91. The normalized spacial score (nSPS) is 9.85. The lowest BCUT2D eigenvalue weighted by atomic mass is 10.1. The molecule has 0 saturated carbocycles. The fourth-order valence-electron chi connectivity index (χ4n) is 1.07. The smallest absolute Gasteiger partial charge is 0.197 e. The van der Waals surface area contributed by atoms with Gasteiger partial charge >= 0.3 is 0 Å². The number of hydrogen-bond acceptors (Lipinski definition) is 3. The summed E-state index contributed by atoms with van der Waals surface area (Å²) in [5.74, 6) is -0.0677. The molecule has 0 fully saturated rings. The van der Waals surface area contributed by atoms with Gasteiger partial charge in [0.15, 0.2) is 5.78 Å². The number of ketones is 1. The molecule has 3 heteroatoms. The summed E-state index contributed by atoms with van der Waals surface area (Å²) >= 11 is 0. The number of aromatic nitrogens is 1. The summed E-state index contributed by atoms with van der Waals surface area (Å²) in [6, 6.07) is 9.02. The van der Waals surface area contributed by atoms with Gasteiger partial charge in [0.05, 0.1) is 11.8 Å². The minimum Gasteiger partial charge on any atom is -0.364 e. The quantitative estimate of drug-likeness (QED) is 0.651. The van der Waals surface area contributed by atoms with E-state index in [-0.39, 0.29) is 5.78 Å². The van der Waals surface area contributed by atoms with Gasteiger partial charge in [-0.3, -0.25) is 4.79 Å². The van der Waals surface area contributed by atoms with E-state index >= 15 is 0 Å². The lowest BCUT2D eigenvalue weighted by Gasteiger charge is -1.94. The molecule has 0 N–H and O–H groups in total. The van der Waals surface area contributed by atoms with Crippen molar-refractivity contribution < 1.29 is 9.32 Å². The Balaban J connectivity index is 2.34. The van der Waals surface area contributed by atoms with Gasteiger partial charge in [0, 0.05) is 5.56 Å². The lowest BCUT2D eigenvalue weighted by molar-refractivity contribution is 0.103. The van der Waals surface area contributed by atoms with Crippen LogP contribution in [0.1, 0.15) is 15.9 Å². The second-order valence-corrected chi connectivity index (χ2v) is 2.61. The number of carbonyl (C=O) groups excluding carboxylic acids is 1. The van der Waals surface area contributed by atoms with Gasteiger partial charge in [-0.25, -0.2) is 0 Å². The van der Waals surface area contributed by atoms with Crippen LogP contribution < -0.4 is 0 Å². The molecule has 0 radical (unpaired) electrons. The van der Waals surface area contributed by atoms with Gasteiger partial charge in [0.25, 0.3) is 0 Å². The highest BCUT2D eigenvalue weighted by atomic mass is 16.5. The first-order chi connectivity index (χ1) is 6.38. The van der Waals surface area contributed by atoms with Crippen LogP contribution in [0.25, 0.3) is 0 Å². The van der Waals surface area contributed by atoms with Gasteiger partial charge in [0.1, 0.15) is 6.26 Å². The molecule has 0 bridgehead atoms. The van der Waals surface area contributed by atoms with Gasteiger partial charge in [-0.2, -0.15) is 0 Å². The topological polar surface area (TPSA) is 43.1 Å². The number of rotatable bonds is 2. The van der Waals surface area contributed by atoms with Crippen molar-refractivity contribution in [1.29, 1.82) is 0 Å². The molecule has 0 saturated heterocycles. The summed E-state index contributed by atoms with van der Waals surface area (Å²) in [6.45, 7) is 0. The average Bonchev–Trinajstić information content (AvgIpc) is 2.71. The molecule has 2 aromatic rings. The van der Waals surface area contributed by atoms with E-state index in [4.69, 9.17) is 0 Å². The number of benzene rings is 1. The van der Waals surface area contributed by atoms with Crippen LogP contribution in [-0.2, 0) is 0 Å². The molecule has 2 rings (SSSR count). The molecule has 1 heterocycles. The SMILES string of the molecule is O=C(c1ccccc1)c1cnoc1. The zero-order valence-electron chi connectivity index (χ0n) is 6.81. The third-order valence-corrected chi connectivity index (χ3v) is 1.73. The van der Waals surface area contributed by atoms with E-state index in [1.807, 2.05) is 18.2 Å². The van der Waals surface area contributed by atoms with Gasteiger partial charge in [-0.1, -0.05) is 35.5 Å². The molecule has 0 aliphatic heterocycles. The van der Waals surface area contributed by atoms with Crippen LogP contribution in [0, 0.1) is 0 Å². The third kappa shape index (κ3) is 1.49. The van der Waals surface area contributed by atoms with Crippen molar-refractivity contribution in [1.82, 2.24) is 5.16 Å². The first kappa shape index (κ1) is 7.73. The molecule has 0 unspecified atom stereocenters. The first-order valence-electron chi connectivity index (χ1n) is 3.87. The van der Waals surface area contributed by atoms with Crippen LogP contribution in [0.15, 0.2) is 47.3 Å². The summed E-state index contributed by atoms with van der Waals surface area (Å²) in [4.78, 5) is 11.6. The lowest BCUT2D eigenvalue weighted by Crippen LogP contribution is -1.98. The van der Waals surface area contributed by atoms with E-state index in [2.05, 4.69) is 9.68 Å². The Morgan fingerprint density at radius 1 is 1.15 bits per heavy atom. The molecule has 3 nitrogen and oxygen atoms in total. The number of nitrogens with zero attached hydrogens (tertiary/aromatic N) is 1. The van der Waals surface area contributed by atoms with Crippen molar-refractivity contribution in [2.45, 2.75) is 0 Å². The maximum atomic E-state index is 11.6. The predicted molar refractivity (Wildman–Crippen MR) is 46.4 cm³/mol. The fourth-order valence-corrected chi connectivity index (χ4v) is 1.07. The van der Waals surface area contributed by atoms with Crippen molar-refractivity contribution in [3.8, 4) is 0 Å². The molecule has 1 aromatic heterocycles. The van der Waals surface area contributed by atoms with E-state index in [0.717, 1.165) is 0 Å². The van der Waals surface area contributed by atoms with E-state index in [9.17, 15) is 4.79 Å². The van der Waals surface area contributed by atoms with Crippen LogP contribution in [0.2, 0.25) is 0 Å². The zero-order chi connectivity index (χ0) is 9.10. The van der Waals surface area contributed by atoms with Crippen LogP contribution >= 0.6 is 0 Å². The van der Waals surface area contributed by atoms with E-state index in [0.29, 0.717) is 11.1 Å². The van der Waals surface area contributed by atoms with Crippen LogP contribution in [0.4, 0.5) is 0 Å². The monoisotopic (exact) mass is 173 g/mol. The molecule has 0 aliphatic carbocycles. The number of hydrogen-bond donors (Lipinski definition) is 0. The van der Waals surface area contributed by atoms with Gasteiger partial charge in [-0.05, 0) is 0 Å². The zero-order valence-corrected chi connectivity index (χ0v) is 6.81. The van der Waals surface area contributed by atoms with Crippen LogP contribution in [-0.4, -0.2) is 10.9 Å². The van der Waals surface area contributed by atoms with Crippen LogP contribution in [0.3, 0.4) is 0 Å².